The van der Waals surface area contributed by atoms with Crippen LogP contribution in [0.1, 0.15) is 21.8 Å². The van der Waals surface area contributed by atoms with Gasteiger partial charge in [0.1, 0.15) is 11.6 Å². The Kier molecular flexibility index (Phi) is 4.96. The molecule has 1 aromatic heterocycles. The lowest BCUT2D eigenvalue weighted by atomic mass is 9.98. The minimum absolute atomic E-state index is 0.128. The normalized spacial score (nSPS) is 19.2. The van der Waals surface area contributed by atoms with Crippen LogP contribution in [-0.2, 0) is 6.42 Å². The molecule has 0 aliphatic carbocycles. The van der Waals surface area contributed by atoms with Gasteiger partial charge >= 0.3 is 0 Å². The number of β-amino-alcohol motifs (C(OH)–C–C–N with tert-alkyl or cyclic N) is 1. The molecule has 0 saturated carbocycles. The van der Waals surface area contributed by atoms with Gasteiger partial charge in [0.25, 0.3) is 5.91 Å². The first-order valence-electron chi connectivity index (χ1n) is 9.26. The van der Waals surface area contributed by atoms with E-state index < -0.39 is 6.10 Å². The molecular formula is C22H21FN2O3. The Morgan fingerprint density at radius 2 is 1.89 bits per heavy atom. The first-order valence-corrected chi connectivity index (χ1v) is 9.26. The maximum Gasteiger partial charge on any atom is 0.254 e. The number of aromatic nitrogens is 1. The molecule has 28 heavy (non-hydrogen) atoms. The van der Waals surface area contributed by atoms with Crippen LogP contribution in [-0.4, -0.2) is 40.3 Å². The Hall–Kier alpha value is -2.99. The van der Waals surface area contributed by atoms with Crippen molar-refractivity contribution >= 4 is 5.91 Å². The molecule has 5 nitrogen and oxygen atoms in total. The van der Waals surface area contributed by atoms with Crippen molar-refractivity contribution in [1.82, 2.24) is 10.1 Å². The van der Waals surface area contributed by atoms with Crippen molar-refractivity contribution in [2.24, 2.45) is 5.92 Å². The van der Waals surface area contributed by atoms with Crippen molar-refractivity contribution in [3.8, 4) is 11.1 Å². The number of aryl methyl sites for hydroxylation is 1. The van der Waals surface area contributed by atoms with Crippen LogP contribution in [0.15, 0.2) is 59.1 Å². The summed E-state index contributed by atoms with van der Waals surface area (Å²) >= 11 is 0. The number of rotatable bonds is 4. The van der Waals surface area contributed by atoms with E-state index in [1.807, 2.05) is 13.0 Å². The van der Waals surface area contributed by atoms with Gasteiger partial charge in [0.05, 0.1) is 11.8 Å². The Bertz CT molecular complexity index is 1000. The van der Waals surface area contributed by atoms with Crippen molar-refractivity contribution in [3.05, 3.63) is 77.4 Å². The molecule has 6 heteroatoms. The van der Waals surface area contributed by atoms with Crippen molar-refractivity contribution in [2.75, 3.05) is 13.1 Å². The fraction of sp³-hybridized carbons (Fsp3) is 0.273. The van der Waals surface area contributed by atoms with E-state index in [9.17, 15) is 14.3 Å². The Morgan fingerprint density at radius 1 is 1.18 bits per heavy atom. The highest BCUT2D eigenvalue weighted by Crippen LogP contribution is 2.29. The van der Waals surface area contributed by atoms with Gasteiger partial charge in [0, 0.05) is 42.6 Å². The maximum atomic E-state index is 14.3. The van der Waals surface area contributed by atoms with Crippen molar-refractivity contribution in [2.45, 2.75) is 19.4 Å². The number of hydrogen-bond acceptors (Lipinski definition) is 4. The van der Waals surface area contributed by atoms with Crippen molar-refractivity contribution < 1.29 is 18.8 Å². The predicted molar refractivity (Wildman–Crippen MR) is 102 cm³/mol. The monoisotopic (exact) mass is 380 g/mol. The highest BCUT2D eigenvalue weighted by Gasteiger charge is 2.35. The number of carbonyl (C=O) groups excluding carboxylic acids is 1. The number of halogens is 1. The molecule has 144 valence electrons. The number of aliphatic hydroxyl groups excluding tert-OH is 1. The first-order chi connectivity index (χ1) is 13.5. The summed E-state index contributed by atoms with van der Waals surface area (Å²) in [6, 6.07) is 15.2. The van der Waals surface area contributed by atoms with Gasteiger partial charge in [-0.15, -0.1) is 0 Å². The lowest BCUT2D eigenvalue weighted by molar-refractivity contribution is 0.0765. The molecule has 3 aromatic rings. The Morgan fingerprint density at radius 3 is 2.61 bits per heavy atom. The number of amides is 1. The van der Waals surface area contributed by atoms with E-state index in [-0.39, 0.29) is 24.2 Å². The first kappa shape index (κ1) is 18.4. The predicted octanol–water partition coefficient (Wildman–Crippen LogP) is 3.46. The van der Waals surface area contributed by atoms with Crippen molar-refractivity contribution in [3.63, 3.8) is 0 Å². The minimum Gasteiger partial charge on any atom is -0.391 e. The van der Waals surface area contributed by atoms with E-state index in [4.69, 9.17) is 4.52 Å². The van der Waals surface area contributed by atoms with Crippen LogP contribution in [0.25, 0.3) is 11.1 Å². The molecule has 1 saturated heterocycles. The van der Waals surface area contributed by atoms with Crippen LogP contribution >= 0.6 is 0 Å². The van der Waals surface area contributed by atoms with E-state index in [1.54, 1.807) is 47.4 Å². The summed E-state index contributed by atoms with van der Waals surface area (Å²) in [4.78, 5) is 14.8. The third-order valence-electron chi connectivity index (χ3n) is 5.16. The SMILES string of the molecule is Cc1cc(CC2CN(C(=O)c3ccccc3-c3ccccc3F)CC2O)on1. The van der Waals surface area contributed by atoms with Crippen LogP contribution in [0.4, 0.5) is 4.39 Å². The molecule has 1 N–H and O–H groups in total. The highest BCUT2D eigenvalue weighted by atomic mass is 19.1. The van der Waals surface area contributed by atoms with Gasteiger partial charge in [-0.25, -0.2) is 4.39 Å². The number of aliphatic hydroxyl groups is 1. The fourth-order valence-electron chi connectivity index (χ4n) is 3.75. The van der Waals surface area contributed by atoms with Gasteiger partial charge in [-0.3, -0.25) is 4.79 Å². The van der Waals surface area contributed by atoms with Crippen LogP contribution in [0.2, 0.25) is 0 Å². The van der Waals surface area contributed by atoms with E-state index in [0.29, 0.717) is 35.4 Å². The standard InChI is InChI=1S/C22H21FN2O3/c1-14-10-16(28-24-14)11-15-12-25(13-21(15)26)22(27)19-8-3-2-6-17(19)18-7-4-5-9-20(18)23/h2-10,15,21,26H,11-13H2,1H3. The van der Waals surface area contributed by atoms with Crippen LogP contribution in [0.5, 0.6) is 0 Å². The summed E-state index contributed by atoms with van der Waals surface area (Å²) in [5, 5.41) is 14.3. The topological polar surface area (TPSA) is 66.6 Å². The second-order valence-corrected chi connectivity index (χ2v) is 7.20. The zero-order chi connectivity index (χ0) is 19.7. The third kappa shape index (κ3) is 3.55. The molecule has 1 amide bonds. The van der Waals surface area contributed by atoms with Gasteiger partial charge in [0.2, 0.25) is 0 Å². The molecule has 1 aliphatic heterocycles. The smallest absolute Gasteiger partial charge is 0.254 e. The van der Waals surface area contributed by atoms with Gasteiger partial charge in [-0.2, -0.15) is 0 Å². The second-order valence-electron chi connectivity index (χ2n) is 7.20. The summed E-state index contributed by atoms with van der Waals surface area (Å²) in [6.07, 6.45) is -0.129. The zero-order valence-corrected chi connectivity index (χ0v) is 15.5. The van der Waals surface area contributed by atoms with Gasteiger partial charge in [-0.05, 0) is 24.6 Å². The van der Waals surface area contributed by atoms with Gasteiger partial charge < -0.3 is 14.5 Å². The highest BCUT2D eigenvalue weighted by molar-refractivity contribution is 6.01. The lowest BCUT2D eigenvalue weighted by Crippen LogP contribution is -2.30. The number of likely N-dealkylation sites (tertiary alicyclic amines) is 1. The van der Waals surface area contributed by atoms with E-state index in [0.717, 1.165) is 5.69 Å². The number of benzene rings is 2. The maximum absolute atomic E-state index is 14.3. The summed E-state index contributed by atoms with van der Waals surface area (Å²) in [5.41, 5.74) is 2.15. The van der Waals surface area contributed by atoms with Crippen molar-refractivity contribution in [1.29, 1.82) is 0 Å². The molecule has 1 fully saturated rings. The zero-order valence-electron chi connectivity index (χ0n) is 15.5. The third-order valence-corrected chi connectivity index (χ3v) is 5.16. The largest absolute Gasteiger partial charge is 0.391 e. The lowest BCUT2D eigenvalue weighted by Gasteiger charge is -2.18. The molecule has 2 atom stereocenters. The number of carbonyl (C=O) groups is 1. The molecule has 0 bridgehead atoms. The quantitative estimate of drug-likeness (QED) is 0.753. The average molecular weight is 380 g/mol. The molecule has 0 spiro atoms. The van der Waals surface area contributed by atoms with E-state index in [1.165, 1.54) is 6.07 Å². The molecule has 2 unspecified atom stereocenters. The molecule has 1 aliphatic rings. The number of nitrogens with zero attached hydrogens (tertiary/aromatic N) is 2. The number of hydrogen-bond donors (Lipinski definition) is 1. The Labute approximate surface area is 162 Å². The summed E-state index contributed by atoms with van der Waals surface area (Å²) in [7, 11) is 0. The van der Waals surface area contributed by atoms with Crippen LogP contribution in [0.3, 0.4) is 0 Å². The van der Waals surface area contributed by atoms with Crippen LogP contribution in [0, 0.1) is 18.7 Å². The molecule has 2 aromatic carbocycles. The van der Waals surface area contributed by atoms with Gasteiger partial charge in [-0.1, -0.05) is 41.6 Å². The average Bonchev–Trinajstić information content (AvgIpc) is 3.27. The summed E-state index contributed by atoms with van der Waals surface area (Å²) < 4.78 is 19.5. The van der Waals surface area contributed by atoms with Gasteiger partial charge in [0.15, 0.2) is 0 Å². The fourth-order valence-corrected chi connectivity index (χ4v) is 3.75. The molecule has 4 rings (SSSR count). The summed E-state index contributed by atoms with van der Waals surface area (Å²) in [5.74, 6) is -0.0172. The Balaban J connectivity index is 1.57. The molecule has 0 radical (unpaired) electrons. The van der Waals surface area contributed by atoms with Crippen LogP contribution < -0.4 is 0 Å². The molecule has 2 heterocycles. The molecular weight excluding hydrogens is 359 g/mol. The van der Waals surface area contributed by atoms with E-state index >= 15 is 0 Å². The van der Waals surface area contributed by atoms with E-state index in [2.05, 4.69) is 5.16 Å². The second kappa shape index (κ2) is 7.56. The minimum atomic E-state index is -0.644. The summed E-state index contributed by atoms with van der Waals surface area (Å²) in [6.45, 7) is 2.49.